The van der Waals surface area contributed by atoms with E-state index in [4.69, 9.17) is 0 Å². The number of hydrogen-bond acceptors (Lipinski definition) is 5. The number of carbonyl (C=O) groups is 3. The number of fused-ring (bicyclic) bond motifs is 3. The van der Waals surface area contributed by atoms with Gasteiger partial charge in [-0.15, -0.1) is 11.3 Å². The third-order valence-corrected chi connectivity index (χ3v) is 6.61. The molecule has 0 spiro atoms. The summed E-state index contributed by atoms with van der Waals surface area (Å²) >= 11 is 1.60. The monoisotopic (exact) mass is 429 g/mol. The fraction of sp³-hybridized carbons (Fsp3) is 0.524. The third kappa shape index (κ3) is 3.74. The van der Waals surface area contributed by atoms with Crippen molar-refractivity contribution in [3.8, 4) is 0 Å². The molecule has 8 nitrogen and oxygen atoms in total. The van der Waals surface area contributed by atoms with Crippen molar-refractivity contribution < 1.29 is 14.4 Å². The molecule has 1 fully saturated rings. The Morgan fingerprint density at radius 2 is 1.80 bits per heavy atom. The first-order valence-electron chi connectivity index (χ1n) is 10.1. The minimum atomic E-state index is -0.256. The summed E-state index contributed by atoms with van der Waals surface area (Å²) in [7, 11) is 0. The summed E-state index contributed by atoms with van der Waals surface area (Å²) in [5, 5.41) is 7.99. The Labute approximate surface area is 179 Å². The Bertz CT molecular complexity index is 1040. The molecule has 9 heteroatoms. The quantitative estimate of drug-likeness (QED) is 0.735. The molecule has 2 aromatic rings. The molecule has 0 aromatic carbocycles. The molecular formula is C21H27N5O3S. The standard InChI is InChI=1S/C21H27N5O3S/c1-14(27)23-6-8-24(9-7-23)19(28)13-26-20(29)16-11-17-15(5-10-30-17)25(16)12-18(22-26)21(2,3)4/h5,10-11H,6-9,12-13H2,1-4H3. The number of nitrogens with zero attached hydrogens (tertiary/aromatic N) is 5. The highest BCUT2D eigenvalue weighted by Gasteiger charge is 2.33. The smallest absolute Gasteiger partial charge is 0.291 e. The van der Waals surface area contributed by atoms with Crippen LogP contribution < -0.4 is 0 Å². The summed E-state index contributed by atoms with van der Waals surface area (Å²) in [6, 6.07) is 3.92. The van der Waals surface area contributed by atoms with E-state index in [2.05, 4.69) is 25.9 Å². The van der Waals surface area contributed by atoms with Gasteiger partial charge < -0.3 is 14.4 Å². The topological polar surface area (TPSA) is 78.2 Å². The van der Waals surface area contributed by atoms with Gasteiger partial charge in [-0.1, -0.05) is 20.8 Å². The van der Waals surface area contributed by atoms with E-state index in [1.165, 1.54) is 11.9 Å². The van der Waals surface area contributed by atoms with Gasteiger partial charge in [0.2, 0.25) is 11.8 Å². The number of hydrogen-bond donors (Lipinski definition) is 0. The summed E-state index contributed by atoms with van der Waals surface area (Å²) in [5.41, 5.74) is 2.19. The summed E-state index contributed by atoms with van der Waals surface area (Å²) in [5.74, 6) is -0.385. The highest BCUT2D eigenvalue weighted by atomic mass is 32.1. The lowest BCUT2D eigenvalue weighted by Gasteiger charge is -2.34. The number of amides is 3. The number of aromatic nitrogens is 1. The Morgan fingerprint density at radius 1 is 1.13 bits per heavy atom. The maximum absolute atomic E-state index is 13.3. The zero-order chi connectivity index (χ0) is 21.6. The van der Waals surface area contributed by atoms with Crippen molar-refractivity contribution in [3.63, 3.8) is 0 Å². The number of carbonyl (C=O) groups excluding carboxylic acids is 3. The number of hydrazone groups is 1. The van der Waals surface area contributed by atoms with Crippen molar-refractivity contribution in [3.05, 3.63) is 23.2 Å². The van der Waals surface area contributed by atoms with E-state index < -0.39 is 0 Å². The zero-order valence-electron chi connectivity index (χ0n) is 17.8. The van der Waals surface area contributed by atoms with Gasteiger partial charge in [0.1, 0.15) is 12.2 Å². The molecule has 4 heterocycles. The maximum atomic E-state index is 13.3. The molecule has 2 aliphatic heterocycles. The Balaban J connectivity index is 1.60. The van der Waals surface area contributed by atoms with Crippen LogP contribution in [0.25, 0.3) is 10.2 Å². The Morgan fingerprint density at radius 3 is 2.43 bits per heavy atom. The fourth-order valence-corrected chi connectivity index (χ4v) is 4.64. The number of thiophene rings is 1. The van der Waals surface area contributed by atoms with Gasteiger partial charge in [0.15, 0.2) is 0 Å². The van der Waals surface area contributed by atoms with E-state index in [9.17, 15) is 14.4 Å². The van der Waals surface area contributed by atoms with Gasteiger partial charge in [0.05, 0.1) is 22.5 Å². The van der Waals surface area contributed by atoms with E-state index >= 15 is 0 Å². The minimum Gasteiger partial charge on any atom is -0.339 e. The summed E-state index contributed by atoms with van der Waals surface area (Å²) < 4.78 is 3.06. The molecule has 2 aliphatic rings. The second kappa shape index (κ2) is 7.54. The Kier molecular flexibility index (Phi) is 5.17. The van der Waals surface area contributed by atoms with Crippen molar-refractivity contribution in [2.75, 3.05) is 32.7 Å². The number of rotatable bonds is 2. The maximum Gasteiger partial charge on any atom is 0.291 e. The van der Waals surface area contributed by atoms with Gasteiger partial charge in [-0.2, -0.15) is 5.10 Å². The third-order valence-electron chi connectivity index (χ3n) is 5.75. The van der Waals surface area contributed by atoms with Crippen molar-refractivity contribution in [1.82, 2.24) is 19.4 Å². The molecule has 3 amide bonds. The molecule has 0 aliphatic carbocycles. The highest BCUT2D eigenvalue weighted by molar-refractivity contribution is 7.17. The predicted octanol–water partition coefficient (Wildman–Crippen LogP) is 2.25. The normalized spacial score (nSPS) is 17.8. The van der Waals surface area contributed by atoms with Crippen LogP contribution in [0.4, 0.5) is 0 Å². The average Bonchev–Trinajstić information content (AvgIpc) is 3.24. The van der Waals surface area contributed by atoms with Gasteiger partial charge in [-0.05, 0) is 17.5 Å². The van der Waals surface area contributed by atoms with E-state index in [0.717, 1.165) is 15.9 Å². The van der Waals surface area contributed by atoms with Crippen LogP contribution in [0.1, 0.15) is 38.2 Å². The van der Waals surface area contributed by atoms with Crippen molar-refractivity contribution in [2.24, 2.45) is 10.5 Å². The molecule has 0 radical (unpaired) electrons. The van der Waals surface area contributed by atoms with Gasteiger partial charge in [-0.3, -0.25) is 14.4 Å². The molecule has 0 unspecified atom stereocenters. The molecule has 1 saturated heterocycles. The number of piperazine rings is 1. The summed E-state index contributed by atoms with van der Waals surface area (Å²) in [6.07, 6.45) is 0. The molecular weight excluding hydrogens is 402 g/mol. The summed E-state index contributed by atoms with van der Waals surface area (Å²) in [6.45, 7) is 10.1. The van der Waals surface area contributed by atoms with E-state index in [1.54, 1.807) is 21.1 Å². The average molecular weight is 430 g/mol. The highest BCUT2D eigenvalue weighted by Crippen LogP contribution is 2.30. The van der Waals surface area contributed by atoms with Crippen LogP contribution in [0.5, 0.6) is 0 Å². The largest absolute Gasteiger partial charge is 0.339 e. The van der Waals surface area contributed by atoms with E-state index in [1.807, 2.05) is 22.1 Å². The minimum absolute atomic E-state index is 0.0185. The van der Waals surface area contributed by atoms with E-state index in [0.29, 0.717) is 38.4 Å². The zero-order valence-corrected chi connectivity index (χ0v) is 18.7. The lowest BCUT2D eigenvalue weighted by molar-refractivity contribution is -0.138. The van der Waals surface area contributed by atoms with Crippen LogP contribution in [0.15, 0.2) is 22.6 Å². The van der Waals surface area contributed by atoms with E-state index in [-0.39, 0.29) is 29.7 Å². The first-order valence-corrected chi connectivity index (χ1v) is 11.0. The molecule has 30 heavy (non-hydrogen) atoms. The SMILES string of the molecule is CC(=O)N1CCN(C(=O)CN2N=C(C(C)(C)C)Cn3c(cc4sccc43)C2=O)CC1. The van der Waals surface area contributed by atoms with Crippen LogP contribution in [0.2, 0.25) is 0 Å². The molecule has 160 valence electrons. The van der Waals surface area contributed by atoms with Crippen LogP contribution in [-0.4, -0.2) is 75.5 Å². The van der Waals surface area contributed by atoms with Crippen LogP contribution in [-0.2, 0) is 16.1 Å². The first-order chi connectivity index (χ1) is 14.1. The van der Waals surface area contributed by atoms with Crippen molar-refractivity contribution >= 4 is 45.0 Å². The van der Waals surface area contributed by atoms with Gasteiger partial charge in [0.25, 0.3) is 5.91 Å². The van der Waals surface area contributed by atoms with Crippen LogP contribution in [0.3, 0.4) is 0 Å². The molecule has 0 saturated carbocycles. The molecule has 2 aromatic heterocycles. The second-order valence-corrected chi connectivity index (χ2v) is 9.78. The van der Waals surface area contributed by atoms with Crippen LogP contribution >= 0.6 is 11.3 Å². The van der Waals surface area contributed by atoms with Crippen molar-refractivity contribution in [2.45, 2.75) is 34.2 Å². The van der Waals surface area contributed by atoms with Crippen molar-refractivity contribution in [1.29, 1.82) is 0 Å². The van der Waals surface area contributed by atoms with Gasteiger partial charge in [-0.25, -0.2) is 5.01 Å². The fourth-order valence-electron chi connectivity index (χ4n) is 3.82. The molecule has 0 bridgehead atoms. The van der Waals surface area contributed by atoms with Crippen LogP contribution in [0, 0.1) is 5.41 Å². The lowest BCUT2D eigenvalue weighted by Crippen LogP contribution is -2.52. The Hall–Kier alpha value is -2.68. The lowest BCUT2D eigenvalue weighted by atomic mass is 9.90. The molecule has 0 atom stereocenters. The molecule has 4 rings (SSSR count). The van der Waals surface area contributed by atoms with Gasteiger partial charge in [0, 0.05) is 38.5 Å². The molecule has 0 N–H and O–H groups in total. The predicted molar refractivity (Wildman–Crippen MR) is 117 cm³/mol. The first kappa shape index (κ1) is 20.6. The summed E-state index contributed by atoms with van der Waals surface area (Å²) in [4.78, 5) is 41.2. The second-order valence-electron chi connectivity index (χ2n) is 8.83. The van der Waals surface area contributed by atoms with Gasteiger partial charge >= 0.3 is 0 Å².